The molecule has 2 unspecified atom stereocenters. The van der Waals surface area contributed by atoms with Crippen molar-refractivity contribution in [3.8, 4) is 0 Å². The molecule has 0 aromatic heterocycles. The largest absolute Gasteiger partial charge is 0.314 e. The molecule has 0 bridgehead atoms. The molecule has 3 rings (SSSR count). The van der Waals surface area contributed by atoms with Crippen LogP contribution in [0.4, 0.5) is 4.39 Å². The van der Waals surface area contributed by atoms with Crippen molar-refractivity contribution in [3.05, 3.63) is 35.6 Å². The average molecular weight is 233 g/mol. The van der Waals surface area contributed by atoms with Crippen molar-refractivity contribution in [1.82, 2.24) is 5.32 Å². The number of nitrogens with one attached hydrogen (secondary N) is 1. The molecular weight excluding hydrogens is 213 g/mol. The van der Waals surface area contributed by atoms with Crippen molar-refractivity contribution in [2.75, 3.05) is 6.54 Å². The highest BCUT2D eigenvalue weighted by molar-refractivity contribution is 5.23. The Kier molecular flexibility index (Phi) is 2.91. The highest BCUT2D eigenvalue weighted by Gasteiger charge is 2.35. The van der Waals surface area contributed by atoms with E-state index in [1.807, 2.05) is 12.1 Å². The number of hydrogen-bond donors (Lipinski definition) is 1. The van der Waals surface area contributed by atoms with Crippen LogP contribution in [0, 0.1) is 17.7 Å². The van der Waals surface area contributed by atoms with Crippen LogP contribution in [-0.4, -0.2) is 12.6 Å². The van der Waals surface area contributed by atoms with Crippen LogP contribution in [0.25, 0.3) is 0 Å². The summed E-state index contributed by atoms with van der Waals surface area (Å²) in [6.07, 6.45) is 3.83. The molecule has 0 saturated heterocycles. The zero-order valence-corrected chi connectivity index (χ0v) is 10.3. The third kappa shape index (κ3) is 2.52. The van der Waals surface area contributed by atoms with Crippen LogP contribution >= 0.6 is 0 Å². The van der Waals surface area contributed by atoms with Crippen molar-refractivity contribution in [3.63, 3.8) is 0 Å². The molecule has 0 spiro atoms. The third-order valence-corrected chi connectivity index (χ3v) is 4.42. The molecule has 2 aliphatic carbocycles. The molecule has 2 atom stereocenters. The maximum atomic E-state index is 12.8. The maximum absolute atomic E-state index is 12.8. The first kappa shape index (κ1) is 11.2. The van der Waals surface area contributed by atoms with Gasteiger partial charge in [0.2, 0.25) is 0 Å². The Morgan fingerprint density at radius 1 is 1.18 bits per heavy atom. The fourth-order valence-electron chi connectivity index (χ4n) is 2.79. The summed E-state index contributed by atoms with van der Waals surface area (Å²) in [5.74, 6) is 2.38. The van der Waals surface area contributed by atoms with Gasteiger partial charge in [0.15, 0.2) is 0 Å². The Hall–Kier alpha value is -0.890. The first-order valence-corrected chi connectivity index (χ1v) is 6.71. The lowest BCUT2D eigenvalue weighted by molar-refractivity contribution is 0.287. The van der Waals surface area contributed by atoms with E-state index >= 15 is 0 Å². The van der Waals surface area contributed by atoms with Crippen LogP contribution in [0.1, 0.15) is 37.7 Å². The molecule has 1 aromatic rings. The minimum atomic E-state index is -0.134. The normalized spacial score (nSPS) is 35.4. The van der Waals surface area contributed by atoms with E-state index in [0.29, 0.717) is 12.0 Å². The second kappa shape index (κ2) is 4.41. The number of rotatable bonds is 4. The van der Waals surface area contributed by atoms with Crippen molar-refractivity contribution in [2.45, 2.75) is 38.1 Å². The third-order valence-electron chi connectivity index (χ3n) is 4.42. The fraction of sp³-hybridized carbons (Fsp3) is 0.600. The summed E-state index contributed by atoms with van der Waals surface area (Å²) in [6.45, 7) is 3.52. The molecule has 92 valence electrons. The van der Waals surface area contributed by atoms with Crippen molar-refractivity contribution in [2.24, 2.45) is 11.8 Å². The Morgan fingerprint density at radius 2 is 1.82 bits per heavy atom. The topological polar surface area (TPSA) is 12.0 Å². The predicted molar refractivity (Wildman–Crippen MR) is 67.4 cm³/mol. The predicted octanol–water partition coefficient (Wildman–Crippen LogP) is 3.32. The van der Waals surface area contributed by atoms with E-state index in [-0.39, 0.29) is 5.82 Å². The van der Waals surface area contributed by atoms with E-state index in [0.717, 1.165) is 11.8 Å². The summed E-state index contributed by atoms with van der Waals surface area (Å²) < 4.78 is 12.8. The SMILES string of the molecule is CC1CC1CNC1CC(c2ccc(F)cc2)C1. The van der Waals surface area contributed by atoms with E-state index in [2.05, 4.69) is 12.2 Å². The standard InChI is InChI=1S/C15H20FN/c1-10-6-13(10)9-17-15-7-12(8-15)11-2-4-14(16)5-3-11/h2-5,10,12-13,15,17H,6-9H2,1H3. The van der Waals surface area contributed by atoms with Gasteiger partial charge in [-0.05, 0) is 61.3 Å². The average Bonchev–Trinajstić information content (AvgIpc) is 2.95. The molecule has 0 aliphatic heterocycles. The maximum Gasteiger partial charge on any atom is 0.123 e. The first-order chi connectivity index (χ1) is 8.22. The van der Waals surface area contributed by atoms with Gasteiger partial charge < -0.3 is 5.32 Å². The fourth-order valence-corrected chi connectivity index (χ4v) is 2.79. The van der Waals surface area contributed by atoms with Crippen LogP contribution in [0.2, 0.25) is 0 Å². The molecule has 17 heavy (non-hydrogen) atoms. The Balaban J connectivity index is 1.43. The van der Waals surface area contributed by atoms with Gasteiger partial charge in [0, 0.05) is 6.04 Å². The van der Waals surface area contributed by atoms with Gasteiger partial charge in [0.05, 0.1) is 0 Å². The van der Waals surface area contributed by atoms with Gasteiger partial charge in [0.1, 0.15) is 5.82 Å². The van der Waals surface area contributed by atoms with Crippen LogP contribution in [0.15, 0.2) is 24.3 Å². The lowest BCUT2D eigenvalue weighted by atomic mass is 9.76. The van der Waals surface area contributed by atoms with E-state index in [4.69, 9.17) is 0 Å². The first-order valence-electron chi connectivity index (χ1n) is 6.71. The van der Waals surface area contributed by atoms with Crippen LogP contribution in [0.5, 0.6) is 0 Å². The molecule has 0 radical (unpaired) electrons. The Morgan fingerprint density at radius 3 is 2.41 bits per heavy atom. The van der Waals surface area contributed by atoms with Crippen LogP contribution < -0.4 is 5.32 Å². The van der Waals surface area contributed by atoms with E-state index in [9.17, 15) is 4.39 Å². The number of hydrogen-bond acceptors (Lipinski definition) is 1. The molecule has 0 heterocycles. The molecule has 2 heteroatoms. The molecule has 1 N–H and O–H groups in total. The van der Waals surface area contributed by atoms with Gasteiger partial charge in [-0.3, -0.25) is 0 Å². The van der Waals surface area contributed by atoms with E-state index < -0.39 is 0 Å². The minimum Gasteiger partial charge on any atom is -0.314 e. The molecule has 1 nitrogen and oxygen atoms in total. The Labute approximate surface area is 102 Å². The zero-order valence-electron chi connectivity index (χ0n) is 10.3. The highest BCUT2D eigenvalue weighted by atomic mass is 19.1. The van der Waals surface area contributed by atoms with Gasteiger partial charge in [-0.1, -0.05) is 19.1 Å². The second-order valence-corrected chi connectivity index (χ2v) is 5.80. The zero-order chi connectivity index (χ0) is 11.8. The lowest BCUT2D eigenvalue weighted by Gasteiger charge is -2.36. The van der Waals surface area contributed by atoms with Gasteiger partial charge in [0.25, 0.3) is 0 Å². The molecule has 0 amide bonds. The quantitative estimate of drug-likeness (QED) is 0.841. The summed E-state index contributed by atoms with van der Waals surface area (Å²) >= 11 is 0. The van der Waals surface area contributed by atoms with E-state index in [1.54, 1.807) is 12.1 Å². The summed E-state index contributed by atoms with van der Waals surface area (Å²) in [7, 11) is 0. The molecule has 2 fully saturated rings. The van der Waals surface area contributed by atoms with Crippen LogP contribution in [0.3, 0.4) is 0 Å². The molecule has 2 aliphatic rings. The molecule has 1 aromatic carbocycles. The second-order valence-electron chi connectivity index (χ2n) is 5.80. The molecule has 2 saturated carbocycles. The summed E-state index contributed by atoms with van der Waals surface area (Å²) in [6, 6.07) is 7.69. The van der Waals surface area contributed by atoms with Gasteiger partial charge in [-0.2, -0.15) is 0 Å². The summed E-state index contributed by atoms with van der Waals surface area (Å²) in [5, 5.41) is 3.65. The smallest absolute Gasteiger partial charge is 0.123 e. The van der Waals surface area contributed by atoms with Crippen LogP contribution in [-0.2, 0) is 0 Å². The Bertz CT molecular complexity index is 380. The highest BCUT2D eigenvalue weighted by Crippen LogP contribution is 2.40. The summed E-state index contributed by atoms with van der Waals surface area (Å²) in [4.78, 5) is 0. The van der Waals surface area contributed by atoms with Crippen molar-refractivity contribution < 1.29 is 4.39 Å². The van der Waals surface area contributed by atoms with Gasteiger partial charge in [-0.25, -0.2) is 4.39 Å². The van der Waals surface area contributed by atoms with Gasteiger partial charge >= 0.3 is 0 Å². The van der Waals surface area contributed by atoms with Crippen molar-refractivity contribution in [1.29, 1.82) is 0 Å². The summed E-state index contributed by atoms with van der Waals surface area (Å²) in [5.41, 5.74) is 1.30. The van der Waals surface area contributed by atoms with Crippen molar-refractivity contribution >= 4 is 0 Å². The monoisotopic (exact) mass is 233 g/mol. The van der Waals surface area contributed by atoms with E-state index in [1.165, 1.54) is 31.4 Å². The lowest BCUT2D eigenvalue weighted by Crippen LogP contribution is -2.41. The van der Waals surface area contributed by atoms with Gasteiger partial charge in [-0.15, -0.1) is 0 Å². The minimum absolute atomic E-state index is 0.134. The number of benzene rings is 1. The number of halogens is 1. The molecular formula is C15H20FN.